The van der Waals surface area contributed by atoms with Crippen LogP contribution in [0.1, 0.15) is 39.0 Å². The summed E-state index contributed by atoms with van der Waals surface area (Å²) in [7, 11) is 0. The molecule has 1 nitrogen and oxygen atoms in total. The fourth-order valence-corrected chi connectivity index (χ4v) is 2.21. The van der Waals surface area contributed by atoms with Crippen LogP contribution < -0.4 is 5.32 Å². The summed E-state index contributed by atoms with van der Waals surface area (Å²) in [5.74, 6) is 0. The monoisotopic (exact) mass is 125 g/mol. The molecule has 1 saturated heterocycles. The molecule has 0 unspecified atom stereocenters. The van der Waals surface area contributed by atoms with Crippen LogP contribution in [-0.4, -0.2) is 11.6 Å². The quantitative estimate of drug-likeness (QED) is 0.529. The van der Waals surface area contributed by atoms with Crippen molar-refractivity contribution >= 4 is 0 Å². The Bertz CT molecular complexity index is 122. The molecule has 1 N–H and O–H groups in total. The van der Waals surface area contributed by atoms with Gasteiger partial charge in [0.05, 0.1) is 0 Å². The largest absolute Gasteiger partial charge is 0.305 e. The van der Waals surface area contributed by atoms with Gasteiger partial charge in [0.1, 0.15) is 0 Å². The third kappa shape index (κ3) is 0.710. The zero-order valence-electron chi connectivity index (χ0n) is 6.11. The first-order chi connectivity index (χ1) is 4.37. The topological polar surface area (TPSA) is 21.9 Å². The summed E-state index contributed by atoms with van der Waals surface area (Å²) >= 11 is 0. The van der Waals surface area contributed by atoms with Crippen molar-refractivity contribution in [2.24, 2.45) is 0 Å². The Labute approximate surface area is 56.8 Å². The number of fused-ring (bicyclic) bond motifs is 1. The molecule has 1 aliphatic carbocycles. The van der Waals surface area contributed by atoms with Crippen molar-refractivity contribution < 1.29 is 0 Å². The highest BCUT2D eigenvalue weighted by atomic mass is 15.2. The molecule has 1 heteroatoms. The lowest BCUT2D eigenvalue weighted by Crippen LogP contribution is -2.18. The molecule has 0 aromatic carbocycles. The normalized spacial score (nSPS) is 48.3. The minimum Gasteiger partial charge on any atom is -0.305 e. The SMILES string of the molecule is CC[C@]12CCCC[C@H]1N2. The first-order valence-corrected chi connectivity index (χ1v) is 4.15. The zero-order chi connectivity index (χ0) is 6.32. The van der Waals surface area contributed by atoms with Crippen molar-refractivity contribution in [3.05, 3.63) is 0 Å². The summed E-state index contributed by atoms with van der Waals surface area (Å²) in [5.41, 5.74) is 0.637. The molecule has 2 atom stereocenters. The van der Waals surface area contributed by atoms with E-state index in [1.165, 1.54) is 32.1 Å². The van der Waals surface area contributed by atoms with Crippen LogP contribution >= 0.6 is 0 Å². The molecule has 0 spiro atoms. The molecule has 0 radical (unpaired) electrons. The maximum Gasteiger partial charge on any atom is 0.0335 e. The van der Waals surface area contributed by atoms with Crippen LogP contribution in [0, 0.1) is 0 Å². The van der Waals surface area contributed by atoms with Gasteiger partial charge in [0.25, 0.3) is 0 Å². The van der Waals surface area contributed by atoms with Gasteiger partial charge in [-0.25, -0.2) is 0 Å². The fourth-order valence-electron chi connectivity index (χ4n) is 2.21. The summed E-state index contributed by atoms with van der Waals surface area (Å²) in [6.07, 6.45) is 7.14. The lowest BCUT2D eigenvalue weighted by molar-refractivity contribution is 0.442. The van der Waals surface area contributed by atoms with Gasteiger partial charge in [-0.1, -0.05) is 19.8 Å². The van der Waals surface area contributed by atoms with Gasteiger partial charge in [0, 0.05) is 11.6 Å². The number of hydrogen-bond acceptors (Lipinski definition) is 1. The number of rotatable bonds is 1. The molecule has 0 aromatic heterocycles. The molecule has 2 fully saturated rings. The van der Waals surface area contributed by atoms with Gasteiger partial charge in [-0.2, -0.15) is 0 Å². The Kier molecular flexibility index (Phi) is 1.10. The Morgan fingerprint density at radius 3 is 3.00 bits per heavy atom. The van der Waals surface area contributed by atoms with E-state index < -0.39 is 0 Å². The summed E-state index contributed by atoms with van der Waals surface area (Å²) in [6, 6.07) is 0.913. The van der Waals surface area contributed by atoms with Crippen molar-refractivity contribution in [2.75, 3.05) is 0 Å². The minimum absolute atomic E-state index is 0.637. The molecular weight excluding hydrogens is 110 g/mol. The molecule has 1 heterocycles. The van der Waals surface area contributed by atoms with Crippen LogP contribution in [0.25, 0.3) is 0 Å². The summed E-state index contributed by atoms with van der Waals surface area (Å²) < 4.78 is 0. The van der Waals surface area contributed by atoms with Gasteiger partial charge < -0.3 is 5.32 Å². The van der Waals surface area contributed by atoms with Gasteiger partial charge in [-0.15, -0.1) is 0 Å². The lowest BCUT2D eigenvalue weighted by atomic mass is 9.87. The second-order valence-corrected chi connectivity index (χ2v) is 3.45. The number of nitrogens with one attached hydrogen (secondary N) is 1. The first kappa shape index (κ1) is 5.72. The van der Waals surface area contributed by atoms with Crippen LogP contribution in [0.5, 0.6) is 0 Å². The van der Waals surface area contributed by atoms with Crippen molar-refractivity contribution in [3.8, 4) is 0 Å². The van der Waals surface area contributed by atoms with Crippen molar-refractivity contribution in [1.82, 2.24) is 5.32 Å². The van der Waals surface area contributed by atoms with E-state index in [1.807, 2.05) is 0 Å². The Morgan fingerprint density at radius 2 is 2.44 bits per heavy atom. The van der Waals surface area contributed by atoms with Gasteiger partial charge in [0.2, 0.25) is 0 Å². The third-order valence-electron chi connectivity index (χ3n) is 3.04. The molecule has 0 bridgehead atoms. The highest BCUT2D eigenvalue weighted by Crippen LogP contribution is 2.42. The van der Waals surface area contributed by atoms with Crippen LogP contribution in [0.2, 0.25) is 0 Å². The van der Waals surface area contributed by atoms with Crippen molar-refractivity contribution in [1.29, 1.82) is 0 Å². The van der Waals surface area contributed by atoms with Gasteiger partial charge in [-0.3, -0.25) is 0 Å². The molecular formula is C8H15N. The maximum atomic E-state index is 3.59. The molecule has 52 valence electrons. The van der Waals surface area contributed by atoms with E-state index in [1.54, 1.807) is 0 Å². The third-order valence-corrected chi connectivity index (χ3v) is 3.04. The number of hydrogen-bond donors (Lipinski definition) is 1. The fraction of sp³-hybridized carbons (Fsp3) is 1.00. The first-order valence-electron chi connectivity index (χ1n) is 4.15. The average Bonchev–Trinajstić information content (AvgIpc) is 2.62. The molecule has 9 heavy (non-hydrogen) atoms. The second-order valence-electron chi connectivity index (χ2n) is 3.45. The van der Waals surface area contributed by atoms with Crippen LogP contribution in [0.4, 0.5) is 0 Å². The highest BCUT2D eigenvalue weighted by Gasteiger charge is 2.52. The average molecular weight is 125 g/mol. The van der Waals surface area contributed by atoms with Gasteiger partial charge in [0.15, 0.2) is 0 Å². The summed E-state index contributed by atoms with van der Waals surface area (Å²) in [4.78, 5) is 0. The van der Waals surface area contributed by atoms with E-state index in [-0.39, 0.29) is 0 Å². The van der Waals surface area contributed by atoms with E-state index in [4.69, 9.17) is 0 Å². The smallest absolute Gasteiger partial charge is 0.0335 e. The zero-order valence-corrected chi connectivity index (χ0v) is 6.11. The van der Waals surface area contributed by atoms with Crippen molar-refractivity contribution in [2.45, 2.75) is 50.6 Å². The van der Waals surface area contributed by atoms with Crippen LogP contribution in [0.15, 0.2) is 0 Å². The predicted octanol–water partition coefficient (Wildman–Crippen LogP) is 1.68. The van der Waals surface area contributed by atoms with E-state index in [2.05, 4.69) is 12.2 Å². The predicted molar refractivity (Wildman–Crippen MR) is 38.4 cm³/mol. The maximum absolute atomic E-state index is 3.59. The highest BCUT2D eigenvalue weighted by molar-refractivity contribution is 5.14. The summed E-state index contributed by atoms with van der Waals surface area (Å²) in [6.45, 7) is 2.30. The Hall–Kier alpha value is -0.0400. The lowest BCUT2D eigenvalue weighted by Gasteiger charge is -2.16. The van der Waals surface area contributed by atoms with Crippen molar-refractivity contribution in [3.63, 3.8) is 0 Å². The Morgan fingerprint density at radius 1 is 1.56 bits per heavy atom. The summed E-state index contributed by atoms with van der Waals surface area (Å²) in [5, 5.41) is 3.59. The molecule has 2 rings (SSSR count). The van der Waals surface area contributed by atoms with Crippen LogP contribution in [-0.2, 0) is 0 Å². The van der Waals surface area contributed by atoms with Crippen LogP contribution in [0.3, 0.4) is 0 Å². The van der Waals surface area contributed by atoms with Gasteiger partial charge in [-0.05, 0) is 19.3 Å². The molecule has 0 aromatic rings. The van der Waals surface area contributed by atoms with E-state index >= 15 is 0 Å². The Balaban J connectivity index is 2.01. The van der Waals surface area contributed by atoms with E-state index in [9.17, 15) is 0 Å². The molecule has 1 aliphatic heterocycles. The van der Waals surface area contributed by atoms with Gasteiger partial charge >= 0.3 is 0 Å². The molecule has 2 aliphatic rings. The van der Waals surface area contributed by atoms with E-state index in [0.29, 0.717) is 5.54 Å². The molecule has 0 amide bonds. The minimum atomic E-state index is 0.637. The van der Waals surface area contributed by atoms with E-state index in [0.717, 1.165) is 6.04 Å². The standard InChI is InChI=1S/C8H15N/c1-2-8-6-4-3-5-7(8)9-8/h7,9H,2-6H2,1H3/t7-,8+/m1/s1. The second kappa shape index (κ2) is 1.72. The molecule has 1 saturated carbocycles.